The molecule has 0 atom stereocenters. The zero-order valence-electron chi connectivity index (χ0n) is 16.2. The largest absolute Gasteiger partial charge is 0.335 e. The van der Waals surface area contributed by atoms with Crippen LogP contribution in [0.5, 0.6) is 0 Å². The number of hydrogen-bond donors (Lipinski definition) is 1. The number of thiazole rings is 1. The third kappa shape index (κ3) is 4.86. The van der Waals surface area contributed by atoms with Crippen molar-refractivity contribution in [3.8, 4) is 6.07 Å². The van der Waals surface area contributed by atoms with Gasteiger partial charge in [-0.25, -0.2) is 9.78 Å². The standard InChI is InChI=1S/C21H26N4OS/c1-14(2)10-19-23-15(3)20(27-19)25(21(26)24-18-8-5-9-18)13-17-7-4-6-16(11-17)12-22/h4,6-7,11,14,18H,5,8-10,13H2,1-3H3,(H,24,26). The van der Waals surface area contributed by atoms with Gasteiger partial charge in [0.2, 0.25) is 0 Å². The number of anilines is 1. The second-order valence-corrected chi connectivity index (χ2v) is 8.63. The topological polar surface area (TPSA) is 69.0 Å². The molecule has 1 N–H and O–H groups in total. The normalized spacial score (nSPS) is 13.9. The van der Waals surface area contributed by atoms with Crippen molar-refractivity contribution in [3.63, 3.8) is 0 Å². The number of nitrogens with zero attached hydrogens (tertiary/aromatic N) is 3. The minimum atomic E-state index is -0.0788. The van der Waals surface area contributed by atoms with Gasteiger partial charge in [-0.1, -0.05) is 26.0 Å². The minimum Gasteiger partial charge on any atom is -0.335 e. The summed E-state index contributed by atoms with van der Waals surface area (Å²) in [5, 5.41) is 14.3. The number of amides is 2. The van der Waals surface area contributed by atoms with Crippen LogP contribution in [-0.4, -0.2) is 17.1 Å². The lowest BCUT2D eigenvalue weighted by Crippen LogP contribution is -2.47. The van der Waals surface area contributed by atoms with Gasteiger partial charge in [0, 0.05) is 12.5 Å². The summed E-state index contributed by atoms with van der Waals surface area (Å²) in [6.45, 7) is 6.74. The van der Waals surface area contributed by atoms with E-state index in [9.17, 15) is 4.79 Å². The summed E-state index contributed by atoms with van der Waals surface area (Å²) in [6.07, 6.45) is 4.17. The van der Waals surface area contributed by atoms with Crippen LogP contribution >= 0.6 is 11.3 Å². The average molecular weight is 383 g/mol. The Morgan fingerprint density at radius 3 is 2.85 bits per heavy atom. The van der Waals surface area contributed by atoms with Crippen LogP contribution in [0.4, 0.5) is 9.80 Å². The van der Waals surface area contributed by atoms with E-state index in [-0.39, 0.29) is 12.1 Å². The molecule has 1 fully saturated rings. The third-order valence-electron chi connectivity index (χ3n) is 4.72. The third-order valence-corrected chi connectivity index (χ3v) is 5.92. The highest BCUT2D eigenvalue weighted by atomic mass is 32.1. The number of hydrogen-bond acceptors (Lipinski definition) is 4. The summed E-state index contributed by atoms with van der Waals surface area (Å²) in [6, 6.07) is 9.80. The van der Waals surface area contributed by atoms with E-state index in [2.05, 4.69) is 30.2 Å². The Bertz CT molecular complexity index is 848. The molecule has 0 aliphatic heterocycles. The van der Waals surface area contributed by atoms with E-state index in [0.29, 0.717) is 18.0 Å². The summed E-state index contributed by atoms with van der Waals surface area (Å²) in [5.74, 6) is 0.521. The molecule has 1 saturated carbocycles. The Balaban J connectivity index is 1.88. The second kappa shape index (κ2) is 8.53. The number of nitriles is 1. The first kappa shape index (κ1) is 19.4. The second-order valence-electron chi connectivity index (χ2n) is 7.57. The van der Waals surface area contributed by atoms with Crippen molar-refractivity contribution >= 4 is 22.4 Å². The first-order valence-corrected chi connectivity index (χ1v) is 10.3. The van der Waals surface area contributed by atoms with Crippen molar-refractivity contribution in [2.75, 3.05) is 4.90 Å². The van der Waals surface area contributed by atoms with Gasteiger partial charge in [0.05, 0.1) is 28.9 Å². The summed E-state index contributed by atoms with van der Waals surface area (Å²) >= 11 is 1.60. The van der Waals surface area contributed by atoms with Crippen LogP contribution in [0.1, 0.15) is 54.9 Å². The van der Waals surface area contributed by atoms with Gasteiger partial charge in [-0.05, 0) is 49.8 Å². The number of urea groups is 1. The maximum Gasteiger partial charge on any atom is 0.323 e. The van der Waals surface area contributed by atoms with Crippen molar-refractivity contribution in [2.45, 2.75) is 59.0 Å². The van der Waals surface area contributed by atoms with Gasteiger partial charge in [-0.15, -0.1) is 11.3 Å². The first-order valence-electron chi connectivity index (χ1n) is 9.49. The highest BCUT2D eigenvalue weighted by molar-refractivity contribution is 7.16. The Kier molecular flexibility index (Phi) is 6.12. The Hall–Kier alpha value is -2.39. The molecule has 0 spiro atoms. The number of aryl methyl sites for hydroxylation is 1. The minimum absolute atomic E-state index is 0.0788. The molecule has 1 heterocycles. The van der Waals surface area contributed by atoms with Crippen LogP contribution in [0.15, 0.2) is 24.3 Å². The molecule has 0 bridgehead atoms. The summed E-state index contributed by atoms with van der Waals surface area (Å²) < 4.78 is 0. The van der Waals surface area contributed by atoms with Crippen LogP contribution in [0, 0.1) is 24.2 Å². The lowest BCUT2D eigenvalue weighted by atomic mass is 9.93. The number of benzene rings is 1. The molecule has 2 aromatic rings. The quantitative estimate of drug-likeness (QED) is 0.781. The van der Waals surface area contributed by atoms with Gasteiger partial charge in [0.1, 0.15) is 5.00 Å². The van der Waals surface area contributed by atoms with Crippen LogP contribution < -0.4 is 10.2 Å². The zero-order chi connectivity index (χ0) is 19.4. The van der Waals surface area contributed by atoms with Crippen LogP contribution in [0.25, 0.3) is 0 Å². The fourth-order valence-corrected chi connectivity index (χ4v) is 4.37. The molecule has 3 rings (SSSR count). The van der Waals surface area contributed by atoms with E-state index < -0.39 is 0 Å². The van der Waals surface area contributed by atoms with Crippen molar-refractivity contribution in [1.82, 2.24) is 10.3 Å². The predicted molar refractivity (Wildman–Crippen MR) is 109 cm³/mol. The Labute approximate surface area is 165 Å². The zero-order valence-corrected chi connectivity index (χ0v) is 17.0. The van der Waals surface area contributed by atoms with E-state index in [0.717, 1.165) is 40.5 Å². The number of carbonyl (C=O) groups excluding carboxylic acids is 1. The summed E-state index contributed by atoms with van der Waals surface area (Å²) in [4.78, 5) is 19.5. The van der Waals surface area contributed by atoms with E-state index >= 15 is 0 Å². The van der Waals surface area contributed by atoms with Gasteiger partial charge in [0.25, 0.3) is 0 Å². The molecular weight excluding hydrogens is 356 g/mol. The molecule has 27 heavy (non-hydrogen) atoms. The highest BCUT2D eigenvalue weighted by Crippen LogP contribution is 2.31. The monoisotopic (exact) mass is 382 g/mol. The molecule has 5 nitrogen and oxygen atoms in total. The maximum atomic E-state index is 13.0. The van der Waals surface area contributed by atoms with Crippen LogP contribution in [0.3, 0.4) is 0 Å². The molecule has 0 radical (unpaired) electrons. The van der Waals surface area contributed by atoms with Gasteiger partial charge in [-0.2, -0.15) is 5.26 Å². The van der Waals surface area contributed by atoms with Gasteiger partial charge in [-0.3, -0.25) is 4.90 Å². The Morgan fingerprint density at radius 1 is 1.44 bits per heavy atom. The SMILES string of the molecule is Cc1nc(CC(C)C)sc1N(Cc1cccc(C#N)c1)C(=O)NC1CCC1. The van der Waals surface area contributed by atoms with Gasteiger partial charge >= 0.3 is 6.03 Å². The lowest BCUT2D eigenvalue weighted by Gasteiger charge is -2.30. The first-order chi connectivity index (χ1) is 13.0. The molecule has 1 aliphatic rings. The van der Waals surface area contributed by atoms with E-state index in [4.69, 9.17) is 5.26 Å². The smallest absolute Gasteiger partial charge is 0.323 e. The lowest BCUT2D eigenvalue weighted by molar-refractivity contribution is 0.234. The van der Waals surface area contributed by atoms with Gasteiger partial charge in [0.15, 0.2) is 0 Å². The van der Waals surface area contributed by atoms with Crippen molar-refractivity contribution in [2.24, 2.45) is 5.92 Å². The van der Waals surface area contributed by atoms with Crippen molar-refractivity contribution < 1.29 is 4.79 Å². The molecule has 0 unspecified atom stereocenters. The maximum absolute atomic E-state index is 13.0. The molecule has 142 valence electrons. The van der Waals surface area contributed by atoms with Crippen molar-refractivity contribution in [1.29, 1.82) is 5.26 Å². The van der Waals surface area contributed by atoms with Gasteiger partial charge < -0.3 is 5.32 Å². The predicted octanol–water partition coefficient (Wildman–Crippen LogP) is 4.79. The van der Waals surface area contributed by atoms with Crippen molar-refractivity contribution in [3.05, 3.63) is 46.1 Å². The number of carbonyl (C=O) groups is 1. The number of nitrogens with one attached hydrogen (secondary N) is 1. The molecular formula is C21H26N4OS. The summed E-state index contributed by atoms with van der Waals surface area (Å²) in [5.41, 5.74) is 2.43. The highest BCUT2D eigenvalue weighted by Gasteiger charge is 2.26. The van der Waals surface area contributed by atoms with Crippen LogP contribution in [-0.2, 0) is 13.0 Å². The van der Waals surface area contributed by atoms with E-state index in [1.165, 1.54) is 6.42 Å². The molecule has 1 aliphatic carbocycles. The molecule has 1 aromatic heterocycles. The summed E-state index contributed by atoms with van der Waals surface area (Å²) in [7, 11) is 0. The number of aromatic nitrogens is 1. The molecule has 1 aromatic carbocycles. The van der Waals surface area contributed by atoms with E-state index in [1.54, 1.807) is 22.3 Å². The fraction of sp³-hybridized carbons (Fsp3) is 0.476. The molecule has 2 amide bonds. The average Bonchev–Trinajstić information content (AvgIpc) is 2.95. The van der Waals surface area contributed by atoms with E-state index in [1.807, 2.05) is 25.1 Å². The molecule has 0 saturated heterocycles. The fourth-order valence-electron chi connectivity index (χ4n) is 3.09. The van der Waals surface area contributed by atoms with Crippen LogP contribution in [0.2, 0.25) is 0 Å². The Morgan fingerprint density at radius 2 is 2.22 bits per heavy atom. The molecule has 6 heteroatoms. The number of rotatable bonds is 6.